The summed E-state index contributed by atoms with van der Waals surface area (Å²) in [5.74, 6) is 0. The maximum Gasteiger partial charge on any atom is 0.428 e. The molecule has 0 amide bonds. The Morgan fingerprint density at radius 3 is 2.15 bits per heavy atom. The summed E-state index contributed by atoms with van der Waals surface area (Å²) in [7, 11) is 0. The van der Waals surface area contributed by atoms with Crippen LogP contribution in [-0.4, -0.2) is 11.2 Å². The second kappa shape index (κ2) is 2.97. The second-order valence-electron chi connectivity index (χ2n) is 2.72. The summed E-state index contributed by atoms with van der Waals surface area (Å²) in [5, 5.41) is 0. The summed E-state index contributed by atoms with van der Waals surface area (Å²) in [4.78, 5) is 3.32. The van der Waals surface area contributed by atoms with Gasteiger partial charge in [0.05, 0.1) is 5.69 Å². The van der Waals surface area contributed by atoms with Gasteiger partial charge in [-0.05, 0) is 19.1 Å². The van der Waals surface area contributed by atoms with Crippen molar-refractivity contribution in [1.82, 2.24) is 4.98 Å². The van der Waals surface area contributed by atoms with E-state index in [1.165, 1.54) is 12.1 Å². The molecule has 0 aliphatic heterocycles. The van der Waals surface area contributed by atoms with Gasteiger partial charge in [0.1, 0.15) is 0 Å². The molecule has 1 rings (SSSR count). The summed E-state index contributed by atoms with van der Waals surface area (Å²) < 4.78 is 49.5. The zero-order valence-corrected chi connectivity index (χ0v) is 6.77. The van der Waals surface area contributed by atoms with E-state index in [2.05, 4.69) is 4.98 Å². The minimum atomic E-state index is -4.93. The van der Waals surface area contributed by atoms with Crippen molar-refractivity contribution < 1.29 is 17.6 Å². The first-order valence-electron chi connectivity index (χ1n) is 3.53. The summed E-state index contributed by atoms with van der Waals surface area (Å²) in [6, 6.07) is 3.75. The van der Waals surface area contributed by atoms with Crippen LogP contribution in [0.15, 0.2) is 24.4 Å². The van der Waals surface area contributed by atoms with Crippen LogP contribution in [0.3, 0.4) is 0 Å². The molecule has 0 aromatic carbocycles. The molecule has 0 N–H and O–H groups in total. The van der Waals surface area contributed by atoms with Gasteiger partial charge >= 0.3 is 6.18 Å². The lowest BCUT2D eigenvalue weighted by molar-refractivity contribution is -0.230. The average Bonchev–Trinajstić information content (AvgIpc) is 2.04. The first-order chi connectivity index (χ1) is 5.86. The van der Waals surface area contributed by atoms with Crippen LogP contribution in [-0.2, 0) is 5.67 Å². The number of rotatable bonds is 1. The summed E-state index contributed by atoms with van der Waals surface area (Å²) in [5.41, 5.74) is -4.00. The third-order valence-corrected chi connectivity index (χ3v) is 1.68. The fourth-order valence-electron chi connectivity index (χ4n) is 0.786. The molecule has 0 bridgehead atoms. The monoisotopic (exact) mass is 193 g/mol. The number of alkyl halides is 4. The normalized spacial score (nSPS) is 16.7. The van der Waals surface area contributed by atoms with Gasteiger partial charge < -0.3 is 0 Å². The van der Waals surface area contributed by atoms with E-state index >= 15 is 0 Å². The van der Waals surface area contributed by atoms with Crippen LogP contribution >= 0.6 is 0 Å². The molecule has 0 fully saturated rings. The van der Waals surface area contributed by atoms with E-state index in [4.69, 9.17) is 0 Å². The standard InChI is InChI=1S/C8H7F4N/c1-7(9,8(10,11)12)6-4-2-3-5-13-6/h2-5H,1H3. The maximum atomic E-state index is 13.1. The average molecular weight is 193 g/mol. The van der Waals surface area contributed by atoms with Crippen LogP contribution in [0.2, 0.25) is 0 Å². The molecule has 1 heterocycles. The number of nitrogens with zero attached hydrogens (tertiary/aromatic N) is 1. The Morgan fingerprint density at radius 1 is 1.15 bits per heavy atom. The number of hydrogen-bond donors (Lipinski definition) is 0. The van der Waals surface area contributed by atoms with Crippen molar-refractivity contribution in [1.29, 1.82) is 0 Å². The van der Waals surface area contributed by atoms with E-state index in [0.717, 1.165) is 12.3 Å². The molecule has 0 radical (unpaired) electrons. The van der Waals surface area contributed by atoms with Crippen LogP contribution in [0, 0.1) is 0 Å². The van der Waals surface area contributed by atoms with Gasteiger partial charge in [0, 0.05) is 6.20 Å². The smallest absolute Gasteiger partial charge is 0.258 e. The molecule has 1 atom stereocenters. The molecule has 1 aromatic heterocycles. The van der Waals surface area contributed by atoms with E-state index < -0.39 is 17.5 Å². The molecule has 0 aliphatic carbocycles. The Bertz CT molecular complexity index is 278. The molecular formula is C8H7F4N. The summed E-state index contributed by atoms with van der Waals surface area (Å²) in [6.07, 6.45) is -3.81. The largest absolute Gasteiger partial charge is 0.428 e. The lowest BCUT2D eigenvalue weighted by atomic mass is 10.0. The minimum absolute atomic E-state index is 0.454. The van der Waals surface area contributed by atoms with Gasteiger partial charge in [0.25, 0.3) is 0 Å². The number of hydrogen-bond acceptors (Lipinski definition) is 1. The van der Waals surface area contributed by atoms with Crippen molar-refractivity contribution in [2.75, 3.05) is 0 Å². The number of pyridine rings is 1. The fourth-order valence-corrected chi connectivity index (χ4v) is 0.786. The molecule has 5 heteroatoms. The molecule has 0 spiro atoms. The van der Waals surface area contributed by atoms with Crippen molar-refractivity contribution in [2.24, 2.45) is 0 Å². The van der Waals surface area contributed by atoms with E-state index in [-0.39, 0.29) is 0 Å². The Kier molecular flexibility index (Phi) is 2.28. The van der Waals surface area contributed by atoms with Crippen molar-refractivity contribution in [3.63, 3.8) is 0 Å². The predicted molar refractivity (Wildman–Crippen MR) is 38.8 cm³/mol. The molecule has 0 saturated heterocycles. The minimum Gasteiger partial charge on any atom is -0.258 e. The lowest BCUT2D eigenvalue weighted by Gasteiger charge is -2.22. The van der Waals surface area contributed by atoms with Crippen molar-refractivity contribution in [3.8, 4) is 0 Å². The Labute approximate surface area is 72.4 Å². The van der Waals surface area contributed by atoms with E-state index in [0.29, 0.717) is 6.92 Å². The molecule has 1 aromatic rings. The fraction of sp³-hybridized carbons (Fsp3) is 0.375. The Balaban J connectivity index is 3.08. The van der Waals surface area contributed by atoms with Crippen molar-refractivity contribution in [3.05, 3.63) is 30.1 Å². The first kappa shape index (κ1) is 9.95. The van der Waals surface area contributed by atoms with Gasteiger partial charge in [-0.15, -0.1) is 0 Å². The Morgan fingerprint density at radius 2 is 1.77 bits per heavy atom. The number of halogens is 4. The molecule has 13 heavy (non-hydrogen) atoms. The lowest BCUT2D eigenvalue weighted by Crippen LogP contribution is -2.35. The highest BCUT2D eigenvalue weighted by Gasteiger charge is 2.54. The SMILES string of the molecule is CC(F)(c1ccccn1)C(F)(F)F. The van der Waals surface area contributed by atoms with Gasteiger partial charge in [-0.25, -0.2) is 4.39 Å². The molecule has 0 aliphatic rings. The zero-order valence-electron chi connectivity index (χ0n) is 6.77. The van der Waals surface area contributed by atoms with Crippen molar-refractivity contribution >= 4 is 0 Å². The highest BCUT2D eigenvalue weighted by molar-refractivity contribution is 5.14. The van der Waals surface area contributed by atoms with E-state index in [1.54, 1.807) is 0 Å². The zero-order chi connectivity index (χ0) is 10.1. The van der Waals surface area contributed by atoms with Crippen LogP contribution < -0.4 is 0 Å². The number of aromatic nitrogens is 1. The summed E-state index contributed by atoms with van der Waals surface area (Å²) in [6.45, 7) is 0.454. The van der Waals surface area contributed by atoms with Gasteiger partial charge in [0.2, 0.25) is 5.67 Å². The topological polar surface area (TPSA) is 12.9 Å². The highest BCUT2D eigenvalue weighted by Crippen LogP contribution is 2.40. The van der Waals surface area contributed by atoms with Gasteiger partial charge in [-0.1, -0.05) is 6.07 Å². The van der Waals surface area contributed by atoms with Crippen LogP contribution in [0.25, 0.3) is 0 Å². The van der Waals surface area contributed by atoms with E-state index in [1.807, 2.05) is 0 Å². The third kappa shape index (κ3) is 1.79. The molecular weight excluding hydrogens is 186 g/mol. The quantitative estimate of drug-likeness (QED) is 0.625. The second-order valence-corrected chi connectivity index (χ2v) is 2.72. The molecule has 1 unspecified atom stereocenters. The van der Waals surface area contributed by atoms with Crippen molar-refractivity contribution in [2.45, 2.75) is 18.8 Å². The molecule has 1 nitrogen and oxygen atoms in total. The molecule has 72 valence electrons. The predicted octanol–water partition coefficient (Wildman–Crippen LogP) is 2.83. The van der Waals surface area contributed by atoms with E-state index in [9.17, 15) is 17.6 Å². The highest BCUT2D eigenvalue weighted by atomic mass is 19.4. The summed E-state index contributed by atoms with van der Waals surface area (Å²) >= 11 is 0. The van der Waals surface area contributed by atoms with Crippen LogP contribution in [0.1, 0.15) is 12.6 Å². The Hall–Kier alpha value is -1.13. The first-order valence-corrected chi connectivity index (χ1v) is 3.53. The molecule has 0 saturated carbocycles. The van der Waals surface area contributed by atoms with Gasteiger partial charge in [0.15, 0.2) is 0 Å². The van der Waals surface area contributed by atoms with Crippen LogP contribution in [0.4, 0.5) is 17.6 Å². The van der Waals surface area contributed by atoms with Crippen LogP contribution in [0.5, 0.6) is 0 Å². The maximum absolute atomic E-state index is 13.1. The third-order valence-electron chi connectivity index (χ3n) is 1.68. The van der Waals surface area contributed by atoms with Gasteiger partial charge in [-0.3, -0.25) is 4.98 Å². The van der Waals surface area contributed by atoms with Gasteiger partial charge in [-0.2, -0.15) is 13.2 Å².